The van der Waals surface area contributed by atoms with Crippen molar-refractivity contribution in [3.8, 4) is 0 Å². The number of aliphatic hydroxyl groups excluding tert-OH is 7. The van der Waals surface area contributed by atoms with Gasteiger partial charge >= 0.3 is 19.8 Å². The molecule has 8 N–H and O–H groups in total. The van der Waals surface area contributed by atoms with E-state index in [-0.39, 0.29) is 19.3 Å². The van der Waals surface area contributed by atoms with E-state index in [1.165, 1.54) is 31.4 Å². The fourth-order valence-corrected chi connectivity index (χ4v) is 9.20. The van der Waals surface area contributed by atoms with Gasteiger partial charge in [0.2, 0.25) is 0 Å². The Balaban J connectivity index is 2.09. The molecule has 0 spiro atoms. The van der Waals surface area contributed by atoms with Gasteiger partial charge in [-0.05, 0) is 57.8 Å². The van der Waals surface area contributed by atoms with Gasteiger partial charge < -0.3 is 50.1 Å². The van der Waals surface area contributed by atoms with Gasteiger partial charge in [0.15, 0.2) is 6.10 Å². The van der Waals surface area contributed by atoms with Crippen LogP contribution in [0, 0.1) is 11.8 Å². The maximum Gasteiger partial charge on any atom is 0.472 e. The third kappa shape index (κ3) is 24.8. The lowest BCUT2D eigenvalue weighted by Crippen LogP contribution is -2.55. The van der Waals surface area contributed by atoms with Gasteiger partial charge in [-0.25, -0.2) is 4.57 Å². The van der Waals surface area contributed by atoms with E-state index in [0.29, 0.717) is 44.9 Å². The maximum atomic E-state index is 13.6. The monoisotopic (exact) mass is 961 g/mol. The first-order valence-corrected chi connectivity index (χ1v) is 26.4. The zero-order chi connectivity index (χ0) is 48.7. The Bertz CT molecular complexity index is 1470. The van der Waals surface area contributed by atoms with Gasteiger partial charge in [0.25, 0.3) is 0 Å². The number of allylic oxidation sites excluding steroid dienone is 4. The van der Waals surface area contributed by atoms with Crippen molar-refractivity contribution in [2.45, 2.75) is 229 Å². The SMILES string of the molecule is CCCCC/C=C\C/C=C\CCCCCCCCCC(=O)OC[C@@H]1COP(=O)(O)O[C@H]2[C@H](O)[C@@H](O)[C@H](O)[C@@H](CCCCCCC(=O)O1)C(=O)C[C@@H](O)[C@H](/C=C/[C@@H](O)CCCCC)[C@@H](O)[C@H]2O. The Morgan fingerprint density at radius 1 is 0.758 bits per heavy atom. The topological polar surface area (TPSA) is 267 Å². The summed E-state index contributed by atoms with van der Waals surface area (Å²) in [5, 5.41) is 78.5. The molecular formula is C49H85O16P. The van der Waals surface area contributed by atoms with E-state index in [1.807, 2.05) is 6.92 Å². The number of cyclic esters (lactones) is 1. The lowest BCUT2D eigenvalue weighted by Gasteiger charge is -2.36. The van der Waals surface area contributed by atoms with Crippen LogP contribution >= 0.6 is 7.82 Å². The molecule has 12 atom stereocenters. The molecule has 0 radical (unpaired) electrons. The third-order valence-electron chi connectivity index (χ3n) is 12.3. The molecule has 1 saturated carbocycles. The molecule has 0 aromatic heterocycles. The van der Waals surface area contributed by atoms with Crippen LogP contribution in [0.2, 0.25) is 0 Å². The molecule has 2 rings (SSSR count). The summed E-state index contributed by atoms with van der Waals surface area (Å²) in [6, 6.07) is 0. The number of hydrogen-bond donors (Lipinski definition) is 8. The number of hydrogen-bond acceptors (Lipinski definition) is 15. The molecule has 0 amide bonds. The first-order valence-electron chi connectivity index (χ1n) is 24.9. The van der Waals surface area contributed by atoms with Crippen molar-refractivity contribution >= 4 is 25.5 Å². The van der Waals surface area contributed by atoms with Crippen molar-refractivity contribution in [3.63, 3.8) is 0 Å². The van der Waals surface area contributed by atoms with Crippen LogP contribution in [-0.2, 0) is 37.5 Å². The number of carbonyl (C=O) groups is 3. The first-order chi connectivity index (χ1) is 31.6. The minimum Gasteiger partial charge on any atom is -0.462 e. The van der Waals surface area contributed by atoms with E-state index in [4.69, 9.17) is 18.5 Å². The minimum atomic E-state index is -5.45. The summed E-state index contributed by atoms with van der Waals surface area (Å²) in [6.45, 7) is 2.81. The quantitative estimate of drug-likeness (QED) is 0.0215. The predicted octanol–water partition coefficient (Wildman–Crippen LogP) is 6.76. The zero-order valence-corrected chi connectivity index (χ0v) is 40.6. The van der Waals surface area contributed by atoms with Gasteiger partial charge in [0.1, 0.15) is 36.8 Å². The van der Waals surface area contributed by atoms with E-state index in [2.05, 4.69) is 31.2 Å². The summed E-state index contributed by atoms with van der Waals surface area (Å²) >= 11 is 0. The largest absolute Gasteiger partial charge is 0.472 e. The molecule has 1 saturated heterocycles. The number of phosphoric acid groups is 1. The van der Waals surface area contributed by atoms with Crippen molar-refractivity contribution < 1.29 is 78.1 Å². The van der Waals surface area contributed by atoms with Crippen molar-refractivity contribution in [2.75, 3.05) is 13.2 Å². The standard InChI is InChI=1S/C49H85O16P/c1-3-5-7-8-9-10-11-12-13-14-15-16-17-18-19-20-25-29-42(53)62-34-37-35-63-66(60,61)65-49-47(58)45(56)39(32-31-36(50)27-23-6-4-2)41(52)33-40(51)38(44(55)46(57)48(49)59)28-24-21-22-26-30-43(54)64-37/h9-10,12-13,31-32,36-39,41,44-50,52,55-59H,3-8,11,14-30,33-35H2,1-2H3,(H,60,61)/b10-9-,13-12-,32-31+/t36-,37+,38-,39-,41+,44+,45+,46-,47+,48+,49+/m0/s1. The van der Waals surface area contributed by atoms with Crippen LogP contribution in [0.4, 0.5) is 0 Å². The Morgan fingerprint density at radius 2 is 1.36 bits per heavy atom. The van der Waals surface area contributed by atoms with Gasteiger partial charge in [0, 0.05) is 31.1 Å². The maximum absolute atomic E-state index is 13.6. The summed E-state index contributed by atoms with van der Waals surface area (Å²) < 4.78 is 34.7. The van der Waals surface area contributed by atoms with Crippen LogP contribution in [0.25, 0.3) is 0 Å². The summed E-state index contributed by atoms with van der Waals surface area (Å²) in [4.78, 5) is 50.1. The lowest BCUT2D eigenvalue weighted by molar-refractivity contribution is -0.166. The normalized spacial score (nSPS) is 30.9. The summed E-state index contributed by atoms with van der Waals surface area (Å²) in [5.74, 6) is -4.87. The number of esters is 2. The van der Waals surface area contributed by atoms with E-state index >= 15 is 0 Å². The van der Waals surface area contributed by atoms with Crippen molar-refractivity contribution in [1.82, 2.24) is 0 Å². The number of Topliss-reactive ketones (excluding diaryl/α,β-unsaturated/α-hetero) is 1. The van der Waals surface area contributed by atoms with Crippen LogP contribution in [0.15, 0.2) is 36.5 Å². The molecule has 2 bridgehead atoms. The second-order valence-electron chi connectivity index (χ2n) is 18.1. The fraction of sp³-hybridized carbons (Fsp3) is 0.816. The molecule has 0 aromatic carbocycles. The number of carbonyl (C=O) groups excluding carboxylic acids is 3. The lowest BCUT2D eigenvalue weighted by atomic mass is 9.83. The number of ketones is 1. The number of unbranched alkanes of at least 4 members (excludes halogenated alkanes) is 12. The van der Waals surface area contributed by atoms with Crippen molar-refractivity contribution in [1.29, 1.82) is 0 Å². The van der Waals surface area contributed by atoms with Crippen LogP contribution in [0.3, 0.4) is 0 Å². The number of aliphatic hydroxyl groups is 7. The molecule has 1 aliphatic heterocycles. The molecule has 382 valence electrons. The summed E-state index contributed by atoms with van der Waals surface area (Å²) in [6.07, 6.45) is 11.2. The molecule has 2 fully saturated rings. The average molecular weight is 961 g/mol. The number of phosphoric ester groups is 1. The smallest absolute Gasteiger partial charge is 0.462 e. The molecule has 1 unspecified atom stereocenters. The number of ether oxygens (including phenoxy) is 2. The Hall–Kier alpha value is -2.34. The van der Waals surface area contributed by atoms with E-state index in [9.17, 15) is 59.6 Å². The highest BCUT2D eigenvalue weighted by Crippen LogP contribution is 2.47. The molecule has 0 aromatic rings. The second kappa shape index (κ2) is 34.9. The third-order valence-corrected chi connectivity index (χ3v) is 13.3. The summed E-state index contributed by atoms with van der Waals surface area (Å²) in [7, 11) is -5.45. The van der Waals surface area contributed by atoms with Gasteiger partial charge in [-0.2, -0.15) is 0 Å². The van der Waals surface area contributed by atoms with Gasteiger partial charge in [-0.3, -0.25) is 23.4 Å². The second-order valence-corrected chi connectivity index (χ2v) is 19.5. The highest BCUT2D eigenvalue weighted by Gasteiger charge is 2.49. The summed E-state index contributed by atoms with van der Waals surface area (Å²) in [5.41, 5.74) is 0. The van der Waals surface area contributed by atoms with Crippen molar-refractivity contribution in [3.05, 3.63) is 36.5 Å². The average Bonchev–Trinajstić information content (AvgIpc) is 3.28. The minimum absolute atomic E-state index is 0.0286. The molecule has 1 aliphatic carbocycles. The van der Waals surface area contributed by atoms with E-state index in [1.54, 1.807) is 0 Å². The fourth-order valence-electron chi connectivity index (χ4n) is 8.23. The molecule has 66 heavy (non-hydrogen) atoms. The predicted molar refractivity (Wildman–Crippen MR) is 250 cm³/mol. The van der Waals surface area contributed by atoms with Crippen LogP contribution in [0.5, 0.6) is 0 Å². The van der Waals surface area contributed by atoms with Crippen molar-refractivity contribution in [2.24, 2.45) is 11.8 Å². The molecule has 17 heteroatoms. The Kier molecular flexibility index (Phi) is 31.6. The molecule has 16 nitrogen and oxygen atoms in total. The molecular weight excluding hydrogens is 875 g/mol. The van der Waals surface area contributed by atoms with Gasteiger partial charge in [0.05, 0.1) is 31.0 Å². The van der Waals surface area contributed by atoms with Crippen LogP contribution in [-0.4, -0.2) is 127 Å². The number of rotatable bonds is 24. The highest BCUT2D eigenvalue weighted by molar-refractivity contribution is 7.47. The molecule has 1 heterocycles. The van der Waals surface area contributed by atoms with Crippen LogP contribution in [0.1, 0.15) is 174 Å². The Morgan fingerprint density at radius 3 is 2.05 bits per heavy atom. The van der Waals surface area contributed by atoms with Gasteiger partial charge in [-0.1, -0.05) is 134 Å². The number of fused-ring (bicyclic) bond motifs is 4. The molecule has 2 aliphatic rings. The van der Waals surface area contributed by atoms with Crippen LogP contribution < -0.4 is 0 Å². The highest BCUT2D eigenvalue weighted by atomic mass is 31.2. The zero-order valence-electron chi connectivity index (χ0n) is 39.7. The van der Waals surface area contributed by atoms with E-state index in [0.717, 1.165) is 70.6 Å². The Labute approximate surface area is 393 Å². The van der Waals surface area contributed by atoms with E-state index < -0.39 is 112 Å². The first kappa shape index (κ1) is 59.8. The van der Waals surface area contributed by atoms with Gasteiger partial charge in [-0.15, -0.1) is 0 Å².